The molecule has 0 aliphatic heterocycles. The van der Waals surface area contributed by atoms with Gasteiger partial charge in [-0.15, -0.1) is 0 Å². The maximum atomic E-state index is 11.7. The summed E-state index contributed by atoms with van der Waals surface area (Å²) in [6, 6.07) is 14.1. The molecule has 6 N–H and O–H groups in total. The summed E-state index contributed by atoms with van der Waals surface area (Å²) in [5, 5.41) is 5.10. The van der Waals surface area contributed by atoms with Crippen LogP contribution >= 0.6 is 0 Å². The molecule has 2 aromatic rings. The minimum Gasteiger partial charge on any atom is -0.399 e. The highest BCUT2D eigenvalue weighted by Crippen LogP contribution is 2.05. The van der Waals surface area contributed by atoms with Crippen molar-refractivity contribution < 1.29 is 9.59 Å². The van der Waals surface area contributed by atoms with Gasteiger partial charge < -0.3 is 22.1 Å². The van der Waals surface area contributed by atoms with Crippen molar-refractivity contribution in [3.63, 3.8) is 0 Å². The van der Waals surface area contributed by atoms with E-state index in [4.69, 9.17) is 11.5 Å². The molecular formula is C16H18N4O2. The van der Waals surface area contributed by atoms with E-state index >= 15 is 0 Å². The SMILES string of the molecule is Nc1ccc(CNC(=O)C(=O)NCc2ccc(N)cc2)cc1. The molecule has 0 unspecified atom stereocenters. The van der Waals surface area contributed by atoms with Crippen molar-refractivity contribution in [1.82, 2.24) is 10.6 Å². The third-order valence-corrected chi connectivity index (χ3v) is 3.07. The van der Waals surface area contributed by atoms with E-state index in [0.29, 0.717) is 11.4 Å². The van der Waals surface area contributed by atoms with Gasteiger partial charge in [0, 0.05) is 24.5 Å². The number of nitrogen functional groups attached to an aromatic ring is 2. The lowest BCUT2D eigenvalue weighted by Crippen LogP contribution is -2.39. The Hall–Kier alpha value is -3.02. The van der Waals surface area contributed by atoms with Crippen molar-refractivity contribution in [3.8, 4) is 0 Å². The molecule has 0 bridgehead atoms. The van der Waals surface area contributed by atoms with Gasteiger partial charge in [-0.25, -0.2) is 0 Å². The number of hydrogen-bond donors (Lipinski definition) is 4. The Balaban J connectivity index is 1.78. The summed E-state index contributed by atoms with van der Waals surface area (Å²) in [6.07, 6.45) is 0. The van der Waals surface area contributed by atoms with Crippen LogP contribution in [0, 0.1) is 0 Å². The molecule has 114 valence electrons. The number of rotatable bonds is 4. The van der Waals surface area contributed by atoms with Crippen molar-refractivity contribution in [2.75, 3.05) is 11.5 Å². The fourth-order valence-electron chi connectivity index (χ4n) is 1.80. The largest absolute Gasteiger partial charge is 0.399 e. The Morgan fingerprint density at radius 3 is 1.32 bits per heavy atom. The third kappa shape index (κ3) is 4.52. The second-order valence-electron chi connectivity index (χ2n) is 4.85. The monoisotopic (exact) mass is 298 g/mol. The minimum atomic E-state index is -0.674. The Labute approximate surface area is 128 Å². The summed E-state index contributed by atoms with van der Waals surface area (Å²) < 4.78 is 0. The fraction of sp³-hybridized carbons (Fsp3) is 0.125. The Morgan fingerprint density at radius 2 is 1.00 bits per heavy atom. The Morgan fingerprint density at radius 1 is 0.682 bits per heavy atom. The van der Waals surface area contributed by atoms with E-state index in [-0.39, 0.29) is 13.1 Å². The van der Waals surface area contributed by atoms with Crippen LogP contribution in [0.4, 0.5) is 11.4 Å². The summed E-state index contributed by atoms with van der Waals surface area (Å²) in [5.41, 5.74) is 14.2. The van der Waals surface area contributed by atoms with Crippen LogP contribution in [0.15, 0.2) is 48.5 Å². The standard InChI is InChI=1S/C16H18N4O2/c17-13-5-1-11(2-6-13)9-19-15(21)16(22)20-10-12-3-7-14(18)8-4-12/h1-8H,9-10,17-18H2,(H,19,21)(H,20,22). The molecule has 2 amide bonds. The Kier molecular flexibility index (Phi) is 4.98. The molecule has 6 heteroatoms. The summed E-state index contributed by atoms with van der Waals surface area (Å²) in [7, 11) is 0. The van der Waals surface area contributed by atoms with Gasteiger partial charge in [-0.05, 0) is 35.4 Å². The van der Waals surface area contributed by atoms with Gasteiger partial charge in [0.15, 0.2) is 0 Å². The van der Waals surface area contributed by atoms with E-state index in [1.54, 1.807) is 48.5 Å². The van der Waals surface area contributed by atoms with Crippen molar-refractivity contribution in [2.45, 2.75) is 13.1 Å². The van der Waals surface area contributed by atoms with Gasteiger partial charge in [0.1, 0.15) is 0 Å². The molecule has 0 atom stereocenters. The van der Waals surface area contributed by atoms with Crippen molar-refractivity contribution >= 4 is 23.2 Å². The second kappa shape index (κ2) is 7.12. The first-order valence-corrected chi connectivity index (χ1v) is 6.79. The topological polar surface area (TPSA) is 110 Å². The van der Waals surface area contributed by atoms with Gasteiger partial charge in [0.25, 0.3) is 0 Å². The van der Waals surface area contributed by atoms with Crippen LogP contribution in [-0.4, -0.2) is 11.8 Å². The minimum absolute atomic E-state index is 0.272. The summed E-state index contributed by atoms with van der Waals surface area (Å²) >= 11 is 0. The molecule has 0 aromatic heterocycles. The summed E-state index contributed by atoms with van der Waals surface area (Å²) in [5.74, 6) is -1.35. The van der Waals surface area contributed by atoms with Gasteiger partial charge in [0.2, 0.25) is 0 Å². The lowest BCUT2D eigenvalue weighted by molar-refractivity contribution is -0.139. The van der Waals surface area contributed by atoms with Gasteiger partial charge in [-0.1, -0.05) is 24.3 Å². The molecule has 0 saturated heterocycles. The third-order valence-electron chi connectivity index (χ3n) is 3.07. The van der Waals surface area contributed by atoms with Gasteiger partial charge in [-0.3, -0.25) is 9.59 Å². The van der Waals surface area contributed by atoms with E-state index in [0.717, 1.165) is 11.1 Å². The van der Waals surface area contributed by atoms with Crippen LogP contribution < -0.4 is 22.1 Å². The highest BCUT2D eigenvalue weighted by Gasteiger charge is 2.12. The summed E-state index contributed by atoms with van der Waals surface area (Å²) in [6.45, 7) is 0.544. The van der Waals surface area contributed by atoms with Crippen molar-refractivity contribution in [3.05, 3.63) is 59.7 Å². The van der Waals surface area contributed by atoms with Crippen LogP contribution in [0.3, 0.4) is 0 Å². The molecule has 2 rings (SSSR count). The Bertz CT molecular complexity index is 591. The normalized spacial score (nSPS) is 10.0. The van der Waals surface area contributed by atoms with E-state index in [1.807, 2.05) is 0 Å². The van der Waals surface area contributed by atoms with Gasteiger partial charge in [0.05, 0.1) is 0 Å². The molecule has 6 nitrogen and oxygen atoms in total. The predicted octanol–water partition coefficient (Wildman–Crippen LogP) is 0.784. The lowest BCUT2D eigenvalue weighted by Gasteiger charge is -2.07. The van der Waals surface area contributed by atoms with Crippen LogP contribution in [0.1, 0.15) is 11.1 Å². The quantitative estimate of drug-likeness (QED) is 0.494. The maximum absolute atomic E-state index is 11.7. The number of carbonyl (C=O) groups excluding carboxylic acids is 2. The van der Waals surface area contributed by atoms with Gasteiger partial charge in [-0.2, -0.15) is 0 Å². The zero-order chi connectivity index (χ0) is 15.9. The zero-order valence-electron chi connectivity index (χ0n) is 12.0. The van der Waals surface area contributed by atoms with Crippen LogP contribution in [-0.2, 0) is 22.7 Å². The number of anilines is 2. The molecule has 0 saturated carbocycles. The van der Waals surface area contributed by atoms with Crippen LogP contribution in [0.25, 0.3) is 0 Å². The number of nitrogens with one attached hydrogen (secondary N) is 2. The van der Waals surface area contributed by atoms with E-state index in [2.05, 4.69) is 10.6 Å². The predicted molar refractivity (Wildman–Crippen MR) is 85.4 cm³/mol. The highest BCUT2D eigenvalue weighted by molar-refractivity contribution is 6.35. The molecular weight excluding hydrogens is 280 g/mol. The number of amides is 2. The highest BCUT2D eigenvalue weighted by atomic mass is 16.2. The number of carbonyl (C=O) groups is 2. The molecule has 0 fully saturated rings. The van der Waals surface area contributed by atoms with Crippen molar-refractivity contribution in [2.24, 2.45) is 0 Å². The smallest absolute Gasteiger partial charge is 0.309 e. The second-order valence-corrected chi connectivity index (χ2v) is 4.85. The van der Waals surface area contributed by atoms with Crippen molar-refractivity contribution in [1.29, 1.82) is 0 Å². The lowest BCUT2D eigenvalue weighted by atomic mass is 10.2. The van der Waals surface area contributed by atoms with Gasteiger partial charge >= 0.3 is 11.8 Å². The molecule has 0 radical (unpaired) electrons. The molecule has 0 spiro atoms. The number of hydrogen-bond acceptors (Lipinski definition) is 4. The van der Waals surface area contributed by atoms with Crippen LogP contribution in [0.2, 0.25) is 0 Å². The number of nitrogens with two attached hydrogens (primary N) is 2. The fourth-order valence-corrected chi connectivity index (χ4v) is 1.80. The van der Waals surface area contributed by atoms with Crippen LogP contribution in [0.5, 0.6) is 0 Å². The average Bonchev–Trinajstić information content (AvgIpc) is 2.53. The first kappa shape index (κ1) is 15.4. The molecule has 2 aromatic carbocycles. The van der Waals surface area contributed by atoms with E-state index < -0.39 is 11.8 Å². The molecule has 0 aliphatic rings. The van der Waals surface area contributed by atoms with E-state index in [1.165, 1.54) is 0 Å². The van der Waals surface area contributed by atoms with E-state index in [9.17, 15) is 9.59 Å². The molecule has 0 aliphatic carbocycles. The first-order valence-electron chi connectivity index (χ1n) is 6.79. The molecule has 0 heterocycles. The number of benzene rings is 2. The zero-order valence-corrected chi connectivity index (χ0v) is 12.0. The maximum Gasteiger partial charge on any atom is 0.309 e. The average molecular weight is 298 g/mol. The first-order chi connectivity index (χ1) is 10.5. The summed E-state index contributed by atoms with van der Waals surface area (Å²) in [4.78, 5) is 23.4. The molecule has 22 heavy (non-hydrogen) atoms.